The number of benzene rings is 2. The van der Waals surface area contributed by atoms with E-state index in [0.29, 0.717) is 35.1 Å². The van der Waals surface area contributed by atoms with Crippen molar-refractivity contribution in [1.82, 2.24) is 0 Å². The Labute approximate surface area is 159 Å². The fourth-order valence-corrected chi connectivity index (χ4v) is 2.95. The van der Waals surface area contributed by atoms with E-state index in [1.807, 2.05) is 24.3 Å². The van der Waals surface area contributed by atoms with E-state index in [9.17, 15) is 4.79 Å². The number of carbonyl (C=O) groups excluding carboxylic acids is 1. The van der Waals surface area contributed by atoms with E-state index < -0.39 is 0 Å². The minimum Gasteiger partial charge on any atom is -0.497 e. The molecule has 0 aromatic heterocycles. The molecule has 1 fully saturated rings. The number of amides is 1. The summed E-state index contributed by atoms with van der Waals surface area (Å²) < 4.78 is 22.1. The van der Waals surface area contributed by atoms with Crippen LogP contribution in [0, 0.1) is 0 Å². The summed E-state index contributed by atoms with van der Waals surface area (Å²) in [4.78, 5) is 12.7. The second kappa shape index (κ2) is 9.28. The number of methoxy groups -OCH3 is 2. The van der Waals surface area contributed by atoms with Gasteiger partial charge in [-0.25, -0.2) is 0 Å². The molecule has 6 nitrogen and oxygen atoms in total. The van der Waals surface area contributed by atoms with Gasteiger partial charge in [0, 0.05) is 18.2 Å². The van der Waals surface area contributed by atoms with Gasteiger partial charge in [-0.2, -0.15) is 0 Å². The van der Waals surface area contributed by atoms with Gasteiger partial charge in [0.15, 0.2) is 0 Å². The lowest BCUT2D eigenvalue weighted by atomic mass is 10.1. The summed E-state index contributed by atoms with van der Waals surface area (Å²) in [6.45, 7) is 1.25. The molecule has 1 aliphatic rings. The lowest BCUT2D eigenvalue weighted by Gasteiger charge is -2.23. The van der Waals surface area contributed by atoms with Crippen LogP contribution in [0.2, 0.25) is 0 Å². The molecule has 1 atom stereocenters. The van der Waals surface area contributed by atoms with Gasteiger partial charge in [0.05, 0.1) is 26.0 Å². The summed E-state index contributed by atoms with van der Waals surface area (Å²) in [7, 11) is 3.10. The Morgan fingerprint density at radius 2 is 1.85 bits per heavy atom. The molecule has 1 unspecified atom stereocenters. The highest BCUT2D eigenvalue weighted by molar-refractivity contribution is 6.05. The number of anilines is 1. The molecule has 1 saturated heterocycles. The van der Waals surface area contributed by atoms with E-state index in [1.165, 1.54) is 0 Å². The van der Waals surface area contributed by atoms with Gasteiger partial charge in [0.25, 0.3) is 5.91 Å². The zero-order valence-electron chi connectivity index (χ0n) is 15.7. The lowest BCUT2D eigenvalue weighted by molar-refractivity contribution is -0.0109. The van der Waals surface area contributed by atoms with Crippen LogP contribution in [-0.4, -0.2) is 39.4 Å². The first-order valence-corrected chi connectivity index (χ1v) is 9.07. The number of para-hydroxylation sites is 2. The van der Waals surface area contributed by atoms with Crippen molar-refractivity contribution < 1.29 is 23.7 Å². The maximum absolute atomic E-state index is 12.7. The summed E-state index contributed by atoms with van der Waals surface area (Å²) >= 11 is 0. The average Bonchev–Trinajstić information content (AvgIpc) is 2.73. The lowest BCUT2D eigenvalue weighted by Crippen LogP contribution is -2.26. The molecule has 0 bridgehead atoms. The summed E-state index contributed by atoms with van der Waals surface area (Å²) in [5, 5.41) is 2.90. The topological polar surface area (TPSA) is 66.0 Å². The summed E-state index contributed by atoms with van der Waals surface area (Å²) in [6, 6.07) is 12.4. The van der Waals surface area contributed by atoms with Gasteiger partial charge in [-0.3, -0.25) is 4.79 Å². The Morgan fingerprint density at radius 1 is 1.11 bits per heavy atom. The van der Waals surface area contributed by atoms with Crippen LogP contribution in [0.5, 0.6) is 17.2 Å². The molecule has 1 amide bonds. The Balaban J connectivity index is 1.70. The van der Waals surface area contributed by atoms with Crippen molar-refractivity contribution >= 4 is 11.6 Å². The van der Waals surface area contributed by atoms with Crippen LogP contribution in [-0.2, 0) is 4.74 Å². The quantitative estimate of drug-likeness (QED) is 0.799. The molecule has 27 heavy (non-hydrogen) atoms. The highest BCUT2D eigenvalue weighted by Gasteiger charge is 2.16. The van der Waals surface area contributed by atoms with Gasteiger partial charge in [-0.1, -0.05) is 12.1 Å². The molecule has 6 heteroatoms. The highest BCUT2D eigenvalue weighted by atomic mass is 16.5. The molecule has 1 aliphatic heterocycles. The standard InChI is InChI=1S/C21H25NO5/c1-24-17-11-15(12-18(13-17)25-2)21(23)22-19-8-3-4-9-20(19)27-14-16-7-5-6-10-26-16/h3-4,8-9,11-13,16H,5-7,10,14H2,1-2H3,(H,22,23). The van der Waals surface area contributed by atoms with E-state index in [-0.39, 0.29) is 12.0 Å². The molecular weight excluding hydrogens is 346 g/mol. The molecule has 2 aromatic rings. The van der Waals surface area contributed by atoms with Crippen LogP contribution in [0.3, 0.4) is 0 Å². The number of hydrogen-bond acceptors (Lipinski definition) is 5. The van der Waals surface area contributed by atoms with Crippen LogP contribution in [0.1, 0.15) is 29.6 Å². The van der Waals surface area contributed by atoms with Gasteiger partial charge in [0.2, 0.25) is 0 Å². The van der Waals surface area contributed by atoms with Crippen LogP contribution in [0.25, 0.3) is 0 Å². The molecule has 1 heterocycles. The highest BCUT2D eigenvalue weighted by Crippen LogP contribution is 2.27. The first-order valence-electron chi connectivity index (χ1n) is 9.07. The molecule has 0 aliphatic carbocycles. The number of carbonyl (C=O) groups is 1. The fourth-order valence-electron chi connectivity index (χ4n) is 2.95. The molecule has 2 aromatic carbocycles. The van der Waals surface area contributed by atoms with E-state index in [4.69, 9.17) is 18.9 Å². The van der Waals surface area contributed by atoms with Gasteiger partial charge >= 0.3 is 0 Å². The zero-order chi connectivity index (χ0) is 19.1. The van der Waals surface area contributed by atoms with Crippen molar-refractivity contribution in [3.8, 4) is 17.2 Å². The fraction of sp³-hybridized carbons (Fsp3) is 0.381. The number of rotatable bonds is 7. The number of nitrogens with one attached hydrogen (secondary N) is 1. The number of hydrogen-bond donors (Lipinski definition) is 1. The van der Waals surface area contributed by atoms with Crippen molar-refractivity contribution in [2.75, 3.05) is 32.8 Å². The normalized spacial score (nSPS) is 16.4. The smallest absolute Gasteiger partial charge is 0.256 e. The first kappa shape index (κ1) is 19.0. The van der Waals surface area contributed by atoms with Gasteiger partial charge < -0.3 is 24.3 Å². The molecular formula is C21H25NO5. The van der Waals surface area contributed by atoms with Crippen LogP contribution >= 0.6 is 0 Å². The molecule has 1 N–H and O–H groups in total. The van der Waals surface area contributed by atoms with E-state index in [1.54, 1.807) is 32.4 Å². The summed E-state index contributed by atoms with van der Waals surface area (Å²) in [6.07, 6.45) is 3.36. The molecule has 3 rings (SSSR count). The van der Waals surface area contributed by atoms with Crippen molar-refractivity contribution in [3.05, 3.63) is 48.0 Å². The molecule has 0 saturated carbocycles. The van der Waals surface area contributed by atoms with Crippen LogP contribution < -0.4 is 19.5 Å². The van der Waals surface area contributed by atoms with Crippen LogP contribution in [0.4, 0.5) is 5.69 Å². The second-order valence-corrected chi connectivity index (χ2v) is 6.35. The van der Waals surface area contributed by atoms with Gasteiger partial charge in [-0.15, -0.1) is 0 Å². The van der Waals surface area contributed by atoms with E-state index >= 15 is 0 Å². The largest absolute Gasteiger partial charge is 0.497 e. The van der Waals surface area contributed by atoms with Crippen molar-refractivity contribution in [2.24, 2.45) is 0 Å². The first-order chi connectivity index (χ1) is 13.2. The predicted octanol–water partition coefficient (Wildman–Crippen LogP) is 3.90. The summed E-state index contributed by atoms with van der Waals surface area (Å²) in [5.74, 6) is 1.46. The monoisotopic (exact) mass is 371 g/mol. The second-order valence-electron chi connectivity index (χ2n) is 6.35. The molecule has 0 radical (unpaired) electrons. The molecule has 144 valence electrons. The van der Waals surface area contributed by atoms with E-state index in [0.717, 1.165) is 25.9 Å². The van der Waals surface area contributed by atoms with Crippen molar-refractivity contribution in [2.45, 2.75) is 25.4 Å². The Hall–Kier alpha value is -2.73. The Kier molecular flexibility index (Phi) is 6.54. The molecule has 0 spiro atoms. The van der Waals surface area contributed by atoms with Gasteiger partial charge in [0.1, 0.15) is 23.9 Å². The van der Waals surface area contributed by atoms with Crippen molar-refractivity contribution in [1.29, 1.82) is 0 Å². The average molecular weight is 371 g/mol. The minimum atomic E-state index is -0.267. The van der Waals surface area contributed by atoms with Crippen LogP contribution in [0.15, 0.2) is 42.5 Å². The predicted molar refractivity (Wildman–Crippen MR) is 103 cm³/mol. The SMILES string of the molecule is COc1cc(OC)cc(C(=O)Nc2ccccc2OCC2CCCCO2)c1. The Morgan fingerprint density at radius 3 is 2.52 bits per heavy atom. The third kappa shape index (κ3) is 5.14. The maximum atomic E-state index is 12.7. The van der Waals surface area contributed by atoms with Crippen molar-refractivity contribution in [3.63, 3.8) is 0 Å². The number of ether oxygens (including phenoxy) is 4. The third-order valence-corrected chi connectivity index (χ3v) is 4.45. The minimum absolute atomic E-state index is 0.102. The summed E-state index contributed by atoms with van der Waals surface area (Å²) in [5.41, 5.74) is 1.05. The Bertz CT molecular complexity index is 749. The van der Waals surface area contributed by atoms with E-state index in [2.05, 4.69) is 5.32 Å². The maximum Gasteiger partial charge on any atom is 0.256 e. The third-order valence-electron chi connectivity index (χ3n) is 4.45. The zero-order valence-corrected chi connectivity index (χ0v) is 15.7. The van der Waals surface area contributed by atoms with Gasteiger partial charge in [-0.05, 0) is 43.5 Å².